The molecule has 0 aliphatic heterocycles. The molecule has 0 aromatic heterocycles. The Kier molecular flexibility index (Phi) is 8.21. The average Bonchev–Trinajstić information content (AvgIpc) is 2.68. The van der Waals surface area contributed by atoms with E-state index in [-0.39, 0.29) is 5.91 Å². The van der Waals surface area contributed by atoms with E-state index in [4.69, 9.17) is 10.5 Å². The van der Waals surface area contributed by atoms with E-state index in [9.17, 15) is 4.79 Å². The number of nitrogens with one attached hydrogen (secondary N) is 2. The standard InChI is InChI=1S/C23H29N3O2/c1-23(2,24)17-26-22(27)21-12-10-19(11-13-21)5-4-18-6-8-20(9-7-18)16-25-14-15-28-3/h6-13,25H,14-17,24H2,1-3H3,(H,26,27). The van der Waals surface area contributed by atoms with Gasteiger partial charge in [-0.15, -0.1) is 0 Å². The average molecular weight is 380 g/mol. The van der Waals surface area contributed by atoms with Crippen molar-refractivity contribution in [2.45, 2.75) is 25.9 Å². The van der Waals surface area contributed by atoms with Crippen LogP contribution in [0, 0.1) is 11.8 Å². The molecule has 5 heteroatoms. The number of amides is 1. The summed E-state index contributed by atoms with van der Waals surface area (Å²) in [5.41, 5.74) is 9.07. The van der Waals surface area contributed by atoms with Crippen molar-refractivity contribution in [1.82, 2.24) is 10.6 Å². The van der Waals surface area contributed by atoms with E-state index in [1.54, 1.807) is 19.2 Å². The number of carbonyl (C=O) groups excluding carboxylic acids is 1. The summed E-state index contributed by atoms with van der Waals surface area (Å²) in [6.45, 7) is 6.51. The van der Waals surface area contributed by atoms with E-state index < -0.39 is 5.54 Å². The zero-order valence-electron chi connectivity index (χ0n) is 16.8. The first-order chi connectivity index (χ1) is 13.4. The van der Waals surface area contributed by atoms with E-state index in [1.807, 2.05) is 38.1 Å². The molecular formula is C23H29N3O2. The van der Waals surface area contributed by atoms with Crippen molar-refractivity contribution in [2.24, 2.45) is 5.73 Å². The fraction of sp³-hybridized carbons (Fsp3) is 0.348. The fourth-order valence-corrected chi connectivity index (χ4v) is 2.37. The molecule has 0 spiro atoms. The molecule has 0 radical (unpaired) electrons. The molecule has 0 bridgehead atoms. The van der Waals surface area contributed by atoms with Crippen LogP contribution < -0.4 is 16.4 Å². The quantitative estimate of drug-likeness (QED) is 0.486. The minimum atomic E-state index is -0.434. The maximum atomic E-state index is 12.1. The third-order valence-corrected chi connectivity index (χ3v) is 3.97. The Morgan fingerprint density at radius 3 is 2.14 bits per heavy atom. The maximum absolute atomic E-state index is 12.1. The summed E-state index contributed by atoms with van der Waals surface area (Å²) in [7, 11) is 1.69. The summed E-state index contributed by atoms with van der Waals surface area (Å²) < 4.78 is 5.01. The highest BCUT2D eigenvalue weighted by molar-refractivity contribution is 5.94. The molecule has 2 aromatic rings. The highest BCUT2D eigenvalue weighted by Gasteiger charge is 2.13. The molecule has 2 aromatic carbocycles. The van der Waals surface area contributed by atoms with Crippen molar-refractivity contribution in [3.63, 3.8) is 0 Å². The van der Waals surface area contributed by atoms with Crippen LogP contribution in [0.15, 0.2) is 48.5 Å². The number of benzene rings is 2. The topological polar surface area (TPSA) is 76.4 Å². The van der Waals surface area contributed by atoms with Gasteiger partial charge in [-0.3, -0.25) is 4.79 Å². The van der Waals surface area contributed by atoms with Gasteiger partial charge in [0, 0.05) is 49.0 Å². The number of ether oxygens (including phenoxy) is 1. The number of hydrogen-bond acceptors (Lipinski definition) is 4. The predicted octanol–water partition coefficient (Wildman–Crippen LogP) is 2.29. The summed E-state index contributed by atoms with van der Waals surface area (Å²) in [4.78, 5) is 12.1. The molecule has 28 heavy (non-hydrogen) atoms. The van der Waals surface area contributed by atoms with Crippen LogP contribution >= 0.6 is 0 Å². The maximum Gasteiger partial charge on any atom is 0.251 e. The van der Waals surface area contributed by atoms with Gasteiger partial charge in [0.2, 0.25) is 0 Å². The van der Waals surface area contributed by atoms with Crippen LogP contribution in [0.4, 0.5) is 0 Å². The van der Waals surface area contributed by atoms with Crippen molar-refractivity contribution < 1.29 is 9.53 Å². The minimum absolute atomic E-state index is 0.132. The van der Waals surface area contributed by atoms with Gasteiger partial charge >= 0.3 is 0 Å². The molecular weight excluding hydrogens is 350 g/mol. The zero-order valence-corrected chi connectivity index (χ0v) is 16.8. The first kappa shape index (κ1) is 21.6. The van der Waals surface area contributed by atoms with Gasteiger partial charge in [-0.1, -0.05) is 24.0 Å². The Morgan fingerprint density at radius 1 is 1.04 bits per heavy atom. The Labute approximate surface area is 167 Å². The van der Waals surface area contributed by atoms with Gasteiger partial charge in [-0.05, 0) is 55.8 Å². The molecule has 148 valence electrons. The Bertz CT molecular complexity index is 810. The lowest BCUT2D eigenvalue weighted by atomic mass is 10.1. The van der Waals surface area contributed by atoms with Gasteiger partial charge in [0.05, 0.1) is 6.61 Å². The zero-order chi connectivity index (χ0) is 20.4. The molecule has 0 aliphatic carbocycles. The normalized spacial score (nSPS) is 10.9. The van der Waals surface area contributed by atoms with E-state index >= 15 is 0 Å². The Morgan fingerprint density at radius 2 is 1.61 bits per heavy atom. The van der Waals surface area contributed by atoms with Crippen LogP contribution in [0.25, 0.3) is 0 Å². The van der Waals surface area contributed by atoms with E-state index in [0.717, 1.165) is 24.2 Å². The largest absolute Gasteiger partial charge is 0.383 e. The number of methoxy groups -OCH3 is 1. The van der Waals surface area contributed by atoms with E-state index in [1.165, 1.54) is 5.56 Å². The second-order valence-electron chi connectivity index (χ2n) is 7.37. The van der Waals surface area contributed by atoms with Crippen molar-refractivity contribution in [2.75, 3.05) is 26.8 Å². The highest BCUT2D eigenvalue weighted by Crippen LogP contribution is 2.06. The fourth-order valence-electron chi connectivity index (χ4n) is 2.37. The van der Waals surface area contributed by atoms with Crippen molar-refractivity contribution >= 4 is 5.91 Å². The summed E-state index contributed by atoms with van der Waals surface area (Å²) in [5.74, 6) is 6.15. The number of carbonyl (C=O) groups is 1. The monoisotopic (exact) mass is 379 g/mol. The third-order valence-electron chi connectivity index (χ3n) is 3.97. The van der Waals surface area contributed by atoms with Gasteiger partial charge in [0.25, 0.3) is 5.91 Å². The first-order valence-electron chi connectivity index (χ1n) is 9.35. The lowest BCUT2D eigenvalue weighted by Crippen LogP contribution is -2.45. The van der Waals surface area contributed by atoms with Crippen molar-refractivity contribution in [1.29, 1.82) is 0 Å². The molecule has 2 rings (SSSR count). The van der Waals surface area contributed by atoms with Gasteiger partial charge in [0.1, 0.15) is 0 Å². The SMILES string of the molecule is COCCNCc1ccc(C#Cc2ccc(C(=O)NCC(C)(C)N)cc2)cc1. The number of rotatable bonds is 8. The van der Waals surface area contributed by atoms with Crippen LogP contribution in [0.1, 0.15) is 40.9 Å². The Hall–Kier alpha value is -2.65. The molecule has 0 fully saturated rings. The van der Waals surface area contributed by atoms with E-state index in [2.05, 4.69) is 34.6 Å². The van der Waals surface area contributed by atoms with Crippen molar-refractivity contribution in [3.05, 3.63) is 70.8 Å². The molecule has 4 N–H and O–H groups in total. The molecule has 0 aliphatic rings. The number of hydrogen-bond donors (Lipinski definition) is 3. The smallest absolute Gasteiger partial charge is 0.251 e. The first-order valence-corrected chi connectivity index (χ1v) is 9.35. The second kappa shape index (κ2) is 10.6. The summed E-state index contributed by atoms with van der Waals surface area (Å²) in [6, 6.07) is 15.4. The summed E-state index contributed by atoms with van der Waals surface area (Å²) in [5, 5.41) is 6.14. The number of nitrogens with two attached hydrogens (primary N) is 1. The summed E-state index contributed by atoms with van der Waals surface area (Å²) >= 11 is 0. The molecule has 1 amide bonds. The lowest BCUT2D eigenvalue weighted by Gasteiger charge is -2.18. The molecule has 0 saturated carbocycles. The molecule has 0 heterocycles. The molecule has 0 saturated heterocycles. The Balaban J connectivity index is 1.90. The van der Waals surface area contributed by atoms with Gasteiger partial charge < -0.3 is 21.1 Å². The highest BCUT2D eigenvalue weighted by atomic mass is 16.5. The van der Waals surface area contributed by atoms with Crippen LogP contribution in [0.5, 0.6) is 0 Å². The predicted molar refractivity (Wildman–Crippen MR) is 113 cm³/mol. The molecule has 0 unspecified atom stereocenters. The summed E-state index contributed by atoms with van der Waals surface area (Å²) in [6.07, 6.45) is 0. The minimum Gasteiger partial charge on any atom is -0.383 e. The lowest BCUT2D eigenvalue weighted by molar-refractivity contribution is 0.0946. The van der Waals surface area contributed by atoms with Gasteiger partial charge in [-0.25, -0.2) is 0 Å². The van der Waals surface area contributed by atoms with Crippen LogP contribution in [-0.4, -0.2) is 38.3 Å². The van der Waals surface area contributed by atoms with Gasteiger partial charge in [-0.2, -0.15) is 0 Å². The molecule has 5 nitrogen and oxygen atoms in total. The second-order valence-corrected chi connectivity index (χ2v) is 7.37. The van der Waals surface area contributed by atoms with Gasteiger partial charge in [0.15, 0.2) is 0 Å². The van der Waals surface area contributed by atoms with E-state index in [0.29, 0.717) is 18.7 Å². The van der Waals surface area contributed by atoms with Crippen LogP contribution in [0.2, 0.25) is 0 Å². The molecule has 0 atom stereocenters. The third kappa shape index (κ3) is 7.93. The van der Waals surface area contributed by atoms with Crippen LogP contribution in [-0.2, 0) is 11.3 Å². The van der Waals surface area contributed by atoms with Crippen LogP contribution in [0.3, 0.4) is 0 Å². The van der Waals surface area contributed by atoms with Crippen molar-refractivity contribution in [3.8, 4) is 11.8 Å².